The molecule has 0 amide bonds. The number of hydrogen-bond donors (Lipinski definition) is 2. The van der Waals surface area contributed by atoms with Crippen LogP contribution in [-0.4, -0.2) is 18.6 Å². The van der Waals surface area contributed by atoms with Crippen LogP contribution in [0.5, 0.6) is 11.5 Å². The van der Waals surface area contributed by atoms with E-state index in [2.05, 4.69) is 0 Å². The standard InChI is InChI=1S/C7H7ClO4S/c8-13(11,12)4-5-1-2-6(9)3-7(5)10/h1-3,9-10H,4H2. The van der Waals surface area contributed by atoms with Crippen LogP contribution in [0, 0.1) is 0 Å². The lowest BCUT2D eigenvalue weighted by molar-refractivity contribution is 0.447. The van der Waals surface area contributed by atoms with Gasteiger partial charge in [-0.25, -0.2) is 8.42 Å². The van der Waals surface area contributed by atoms with E-state index in [-0.39, 0.29) is 17.1 Å². The summed E-state index contributed by atoms with van der Waals surface area (Å²) < 4.78 is 21.3. The van der Waals surface area contributed by atoms with Gasteiger partial charge in [0.25, 0.3) is 0 Å². The van der Waals surface area contributed by atoms with Gasteiger partial charge in [-0.1, -0.05) is 6.07 Å². The van der Waals surface area contributed by atoms with Crippen LogP contribution in [0.25, 0.3) is 0 Å². The lowest BCUT2D eigenvalue weighted by Crippen LogP contribution is -1.94. The van der Waals surface area contributed by atoms with Crippen molar-refractivity contribution < 1.29 is 18.6 Å². The number of halogens is 1. The van der Waals surface area contributed by atoms with E-state index in [0.29, 0.717) is 0 Å². The Labute approximate surface area is 79.8 Å². The van der Waals surface area contributed by atoms with Gasteiger partial charge < -0.3 is 10.2 Å². The van der Waals surface area contributed by atoms with Gasteiger partial charge in [-0.15, -0.1) is 0 Å². The summed E-state index contributed by atoms with van der Waals surface area (Å²) in [6.45, 7) is 0. The van der Waals surface area contributed by atoms with Crippen molar-refractivity contribution in [1.29, 1.82) is 0 Å². The van der Waals surface area contributed by atoms with Crippen LogP contribution in [0.2, 0.25) is 0 Å². The van der Waals surface area contributed by atoms with Gasteiger partial charge in [-0.3, -0.25) is 0 Å². The minimum absolute atomic E-state index is 0.131. The smallest absolute Gasteiger partial charge is 0.236 e. The lowest BCUT2D eigenvalue weighted by Gasteiger charge is -2.01. The van der Waals surface area contributed by atoms with Crippen LogP contribution in [0.4, 0.5) is 0 Å². The van der Waals surface area contributed by atoms with Crippen LogP contribution in [0.15, 0.2) is 18.2 Å². The highest BCUT2D eigenvalue weighted by atomic mass is 35.7. The molecule has 0 aliphatic rings. The molecule has 1 aromatic rings. The average Bonchev–Trinajstić information content (AvgIpc) is 1.93. The second kappa shape index (κ2) is 3.43. The van der Waals surface area contributed by atoms with Crippen molar-refractivity contribution in [3.05, 3.63) is 23.8 Å². The van der Waals surface area contributed by atoms with E-state index in [9.17, 15) is 13.5 Å². The van der Waals surface area contributed by atoms with Gasteiger partial charge >= 0.3 is 0 Å². The number of phenols is 2. The largest absolute Gasteiger partial charge is 0.508 e. The molecule has 0 spiro atoms. The molecular formula is C7H7ClO4S. The fraction of sp³-hybridized carbons (Fsp3) is 0.143. The summed E-state index contributed by atoms with van der Waals surface area (Å²) in [4.78, 5) is 0. The Hall–Kier alpha value is -0.940. The quantitative estimate of drug-likeness (QED) is 0.737. The fourth-order valence-electron chi connectivity index (χ4n) is 0.860. The number of benzene rings is 1. The van der Waals surface area contributed by atoms with E-state index in [1.54, 1.807) is 0 Å². The topological polar surface area (TPSA) is 74.6 Å². The average molecular weight is 223 g/mol. The van der Waals surface area contributed by atoms with Crippen LogP contribution < -0.4 is 0 Å². The van der Waals surface area contributed by atoms with Gasteiger partial charge in [0.05, 0.1) is 5.75 Å². The Kier molecular flexibility index (Phi) is 2.68. The first-order valence-corrected chi connectivity index (χ1v) is 5.79. The molecule has 0 fully saturated rings. The molecule has 72 valence electrons. The van der Waals surface area contributed by atoms with E-state index in [0.717, 1.165) is 6.07 Å². The monoisotopic (exact) mass is 222 g/mol. The Morgan fingerprint density at radius 2 is 1.92 bits per heavy atom. The molecule has 0 radical (unpaired) electrons. The molecule has 2 N–H and O–H groups in total. The molecule has 0 aliphatic heterocycles. The van der Waals surface area contributed by atoms with Gasteiger partial charge in [-0.05, 0) is 6.07 Å². The third-order valence-electron chi connectivity index (χ3n) is 1.40. The van der Waals surface area contributed by atoms with Crippen molar-refractivity contribution in [2.75, 3.05) is 0 Å². The third-order valence-corrected chi connectivity index (χ3v) is 2.38. The fourth-order valence-corrected chi connectivity index (χ4v) is 1.83. The minimum atomic E-state index is -3.68. The molecule has 0 saturated carbocycles. The summed E-state index contributed by atoms with van der Waals surface area (Å²) in [5, 5.41) is 18.1. The molecule has 0 bridgehead atoms. The highest BCUT2D eigenvalue weighted by Gasteiger charge is 2.10. The Bertz CT molecular complexity index is 413. The maximum absolute atomic E-state index is 10.6. The summed E-state index contributed by atoms with van der Waals surface area (Å²) in [5.74, 6) is -0.877. The first-order valence-electron chi connectivity index (χ1n) is 3.32. The predicted molar refractivity (Wildman–Crippen MR) is 48.2 cm³/mol. The SMILES string of the molecule is O=S(=O)(Cl)Cc1ccc(O)cc1O. The molecule has 13 heavy (non-hydrogen) atoms. The molecule has 0 aromatic heterocycles. The Balaban J connectivity index is 3.04. The van der Waals surface area contributed by atoms with Crippen molar-refractivity contribution in [1.82, 2.24) is 0 Å². The normalized spacial score (nSPS) is 11.5. The van der Waals surface area contributed by atoms with Crippen molar-refractivity contribution >= 4 is 19.7 Å². The molecule has 0 aliphatic carbocycles. The molecule has 0 unspecified atom stereocenters. The maximum atomic E-state index is 10.6. The van der Waals surface area contributed by atoms with Gasteiger partial charge in [0.15, 0.2) is 0 Å². The molecule has 0 saturated heterocycles. The van der Waals surface area contributed by atoms with Gasteiger partial charge in [0.2, 0.25) is 9.05 Å². The zero-order valence-electron chi connectivity index (χ0n) is 6.44. The van der Waals surface area contributed by atoms with Gasteiger partial charge in [-0.2, -0.15) is 0 Å². The molecule has 4 nitrogen and oxygen atoms in total. The van der Waals surface area contributed by atoms with Crippen LogP contribution in [0.1, 0.15) is 5.56 Å². The number of rotatable bonds is 2. The first-order chi connectivity index (χ1) is 5.88. The van der Waals surface area contributed by atoms with E-state index < -0.39 is 14.8 Å². The number of aromatic hydroxyl groups is 2. The second-order valence-electron chi connectivity index (χ2n) is 2.50. The van der Waals surface area contributed by atoms with Gasteiger partial charge in [0.1, 0.15) is 11.5 Å². The van der Waals surface area contributed by atoms with Gasteiger partial charge in [0, 0.05) is 22.3 Å². The van der Waals surface area contributed by atoms with E-state index >= 15 is 0 Å². The number of hydrogen-bond acceptors (Lipinski definition) is 4. The molecule has 1 rings (SSSR count). The molecule has 0 atom stereocenters. The molecule has 6 heteroatoms. The summed E-state index contributed by atoms with van der Waals surface area (Å²) >= 11 is 0. The highest BCUT2D eigenvalue weighted by Crippen LogP contribution is 2.24. The van der Waals surface area contributed by atoms with Crippen molar-refractivity contribution in [3.63, 3.8) is 0 Å². The predicted octanol–water partition coefficient (Wildman–Crippen LogP) is 1.17. The summed E-state index contributed by atoms with van der Waals surface area (Å²) in [7, 11) is 1.30. The lowest BCUT2D eigenvalue weighted by atomic mass is 10.2. The van der Waals surface area contributed by atoms with Crippen molar-refractivity contribution in [3.8, 4) is 11.5 Å². The molecule has 1 aromatic carbocycles. The van der Waals surface area contributed by atoms with Crippen molar-refractivity contribution in [2.45, 2.75) is 5.75 Å². The van der Waals surface area contributed by atoms with Crippen molar-refractivity contribution in [2.24, 2.45) is 0 Å². The highest BCUT2D eigenvalue weighted by molar-refractivity contribution is 8.13. The van der Waals surface area contributed by atoms with Crippen LogP contribution >= 0.6 is 10.7 Å². The molecule has 0 heterocycles. The summed E-state index contributed by atoms with van der Waals surface area (Å²) in [6.07, 6.45) is 0. The summed E-state index contributed by atoms with van der Waals surface area (Å²) in [5.41, 5.74) is 0.160. The van der Waals surface area contributed by atoms with E-state index in [1.807, 2.05) is 0 Å². The Morgan fingerprint density at radius 1 is 1.31 bits per heavy atom. The first kappa shape index (κ1) is 10.1. The zero-order valence-corrected chi connectivity index (χ0v) is 8.01. The summed E-state index contributed by atoms with van der Waals surface area (Å²) in [6, 6.07) is 3.62. The van der Waals surface area contributed by atoms with E-state index in [1.165, 1.54) is 12.1 Å². The van der Waals surface area contributed by atoms with E-state index in [4.69, 9.17) is 15.8 Å². The van der Waals surface area contributed by atoms with Crippen LogP contribution in [-0.2, 0) is 14.8 Å². The second-order valence-corrected chi connectivity index (χ2v) is 5.27. The zero-order chi connectivity index (χ0) is 10.1. The number of phenolic OH excluding ortho intramolecular Hbond substituents is 2. The molecular weight excluding hydrogens is 216 g/mol. The minimum Gasteiger partial charge on any atom is -0.508 e. The third kappa shape index (κ3) is 3.12. The van der Waals surface area contributed by atoms with Crippen LogP contribution in [0.3, 0.4) is 0 Å². The Morgan fingerprint density at radius 3 is 2.38 bits per heavy atom. The maximum Gasteiger partial charge on any atom is 0.236 e.